The monoisotopic (exact) mass is 338 g/mol. The number of allylic oxidation sites excluding steroid dienone is 2. The fraction of sp³-hybridized carbons (Fsp3) is 0.250. The van der Waals surface area contributed by atoms with E-state index >= 15 is 0 Å². The summed E-state index contributed by atoms with van der Waals surface area (Å²) in [7, 11) is 1.46. The number of halogens is 4. The molecule has 1 aromatic rings. The molecule has 0 unspecified atom stereocenters. The zero-order valence-corrected chi connectivity index (χ0v) is 12.3. The lowest BCUT2D eigenvalue weighted by Gasteiger charge is -2.15. The molecular weight excluding hydrogens is 328 g/mol. The van der Waals surface area contributed by atoms with Crippen LogP contribution < -0.4 is 4.74 Å². The summed E-state index contributed by atoms with van der Waals surface area (Å²) in [6, 6.07) is 1.65. The quantitative estimate of drug-likeness (QED) is 0.774. The molecule has 3 aliphatic rings. The molecule has 0 amide bonds. The van der Waals surface area contributed by atoms with E-state index in [-0.39, 0.29) is 12.1 Å². The van der Waals surface area contributed by atoms with Gasteiger partial charge in [-0.2, -0.15) is 17.6 Å². The van der Waals surface area contributed by atoms with Crippen LogP contribution in [0.4, 0.5) is 17.6 Å². The third-order valence-corrected chi connectivity index (χ3v) is 4.06. The zero-order valence-electron chi connectivity index (χ0n) is 12.3. The molecule has 124 valence electrons. The van der Waals surface area contributed by atoms with Crippen LogP contribution in [-0.4, -0.2) is 30.0 Å². The summed E-state index contributed by atoms with van der Waals surface area (Å²) < 4.78 is 63.5. The van der Waals surface area contributed by atoms with Gasteiger partial charge in [0, 0.05) is 23.8 Å². The van der Waals surface area contributed by atoms with E-state index in [1.807, 2.05) is 0 Å². The summed E-state index contributed by atoms with van der Waals surface area (Å²) in [5.41, 5.74) is 0.175. The molecule has 1 aromatic heterocycles. The Morgan fingerprint density at radius 3 is 2.71 bits per heavy atom. The van der Waals surface area contributed by atoms with Gasteiger partial charge in [-0.25, -0.2) is 9.73 Å². The Bertz CT molecular complexity index is 869. The van der Waals surface area contributed by atoms with Crippen LogP contribution in [0.5, 0.6) is 5.75 Å². The first-order chi connectivity index (χ1) is 11.3. The smallest absolute Gasteiger partial charge is 0.388 e. The van der Waals surface area contributed by atoms with Crippen LogP contribution in [0.25, 0.3) is 0 Å². The van der Waals surface area contributed by atoms with Gasteiger partial charge >= 0.3 is 12.2 Å². The number of alkyl halides is 4. The molecule has 0 N–H and O–H groups in total. The molecule has 3 heterocycles. The number of aromatic nitrogens is 1. The predicted octanol–water partition coefficient (Wildman–Crippen LogP) is 3.62. The van der Waals surface area contributed by atoms with Crippen molar-refractivity contribution in [1.82, 2.24) is 4.98 Å². The van der Waals surface area contributed by atoms with Crippen molar-refractivity contribution >= 4 is 5.71 Å². The number of fused-ring (bicyclic) bond motifs is 1. The van der Waals surface area contributed by atoms with E-state index in [2.05, 4.69) is 14.7 Å². The minimum absolute atomic E-state index is 0.226. The van der Waals surface area contributed by atoms with Gasteiger partial charge in [-0.05, 0) is 23.8 Å². The third kappa shape index (κ3) is 2.10. The Hall–Kier alpha value is -2.48. The SMILES string of the molecule is COc1cnccc1C1=NC2=CC3=C(CC2=C1)C(F)(F)OC3(F)F. The first-order valence-electron chi connectivity index (χ1n) is 7.01. The minimum atomic E-state index is -4.02. The Kier molecular flexibility index (Phi) is 2.99. The second-order valence-electron chi connectivity index (χ2n) is 5.48. The number of nitrogens with zero attached hydrogens (tertiary/aromatic N) is 2. The summed E-state index contributed by atoms with van der Waals surface area (Å²) in [4.78, 5) is 8.20. The second-order valence-corrected chi connectivity index (χ2v) is 5.48. The minimum Gasteiger partial charge on any atom is -0.494 e. The fourth-order valence-electron chi connectivity index (χ4n) is 2.94. The van der Waals surface area contributed by atoms with Gasteiger partial charge < -0.3 is 4.74 Å². The average Bonchev–Trinajstić information content (AvgIpc) is 3.02. The molecule has 0 aromatic carbocycles. The van der Waals surface area contributed by atoms with Gasteiger partial charge in [0.25, 0.3) is 0 Å². The molecule has 0 saturated heterocycles. The van der Waals surface area contributed by atoms with Crippen LogP contribution in [0, 0.1) is 0 Å². The van der Waals surface area contributed by atoms with Crippen molar-refractivity contribution in [1.29, 1.82) is 0 Å². The number of aliphatic imine (C=N–C) groups is 1. The number of rotatable bonds is 2. The Morgan fingerprint density at radius 2 is 1.96 bits per heavy atom. The molecule has 0 saturated carbocycles. The number of pyridine rings is 1. The van der Waals surface area contributed by atoms with Gasteiger partial charge in [-0.3, -0.25) is 4.98 Å². The molecular formula is C16H10F4N2O2. The first-order valence-corrected chi connectivity index (χ1v) is 7.01. The zero-order chi connectivity index (χ0) is 17.1. The van der Waals surface area contributed by atoms with Crippen molar-refractivity contribution in [2.45, 2.75) is 18.6 Å². The van der Waals surface area contributed by atoms with Crippen LogP contribution in [0.3, 0.4) is 0 Å². The van der Waals surface area contributed by atoms with Gasteiger partial charge in [-0.15, -0.1) is 0 Å². The number of hydrogen-bond donors (Lipinski definition) is 0. The van der Waals surface area contributed by atoms with Crippen LogP contribution in [-0.2, 0) is 4.74 Å². The van der Waals surface area contributed by atoms with Crippen molar-refractivity contribution in [3.05, 3.63) is 58.6 Å². The highest BCUT2D eigenvalue weighted by Gasteiger charge is 2.59. The summed E-state index contributed by atoms with van der Waals surface area (Å²) in [6.07, 6.45) is -2.79. The van der Waals surface area contributed by atoms with Crippen molar-refractivity contribution in [2.24, 2.45) is 4.99 Å². The highest BCUT2D eigenvalue weighted by atomic mass is 19.3. The Morgan fingerprint density at radius 1 is 1.17 bits per heavy atom. The largest absolute Gasteiger partial charge is 0.494 e. The molecule has 0 atom stereocenters. The first kappa shape index (κ1) is 15.1. The van der Waals surface area contributed by atoms with Gasteiger partial charge in [0.15, 0.2) is 0 Å². The van der Waals surface area contributed by atoms with E-state index in [0.717, 1.165) is 6.08 Å². The molecule has 8 heteroatoms. The van der Waals surface area contributed by atoms with Gasteiger partial charge in [0.2, 0.25) is 0 Å². The topological polar surface area (TPSA) is 43.7 Å². The molecule has 0 bridgehead atoms. The maximum Gasteiger partial charge on any atom is 0.388 e. The summed E-state index contributed by atoms with van der Waals surface area (Å²) in [5, 5.41) is 0. The molecule has 24 heavy (non-hydrogen) atoms. The Labute approximate surface area is 133 Å². The van der Waals surface area contributed by atoms with Crippen molar-refractivity contribution in [2.75, 3.05) is 7.11 Å². The van der Waals surface area contributed by atoms with Crippen LogP contribution in [0.1, 0.15) is 12.0 Å². The van der Waals surface area contributed by atoms with E-state index in [4.69, 9.17) is 4.74 Å². The van der Waals surface area contributed by atoms with E-state index in [9.17, 15) is 17.6 Å². The van der Waals surface area contributed by atoms with E-state index in [1.54, 1.807) is 12.1 Å². The summed E-state index contributed by atoms with van der Waals surface area (Å²) in [5.74, 6) is 0.451. The second kappa shape index (κ2) is 4.76. The molecule has 0 radical (unpaired) electrons. The summed E-state index contributed by atoms with van der Waals surface area (Å²) in [6.45, 7) is 0. The number of hydrogen-bond acceptors (Lipinski definition) is 4. The fourth-order valence-corrected chi connectivity index (χ4v) is 2.94. The van der Waals surface area contributed by atoms with Crippen molar-refractivity contribution < 1.29 is 27.0 Å². The maximum atomic E-state index is 13.7. The van der Waals surface area contributed by atoms with Crippen LogP contribution in [0.2, 0.25) is 0 Å². The lowest BCUT2D eigenvalue weighted by atomic mass is 9.92. The van der Waals surface area contributed by atoms with Crippen molar-refractivity contribution in [3.63, 3.8) is 0 Å². The van der Waals surface area contributed by atoms with Crippen LogP contribution >= 0.6 is 0 Å². The Balaban J connectivity index is 1.77. The van der Waals surface area contributed by atoms with Gasteiger partial charge in [0.05, 0.1) is 30.3 Å². The lowest BCUT2D eigenvalue weighted by molar-refractivity contribution is -0.321. The summed E-state index contributed by atoms with van der Waals surface area (Å²) >= 11 is 0. The molecule has 4 nitrogen and oxygen atoms in total. The third-order valence-electron chi connectivity index (χ3n) is 4.06. The molecule has 0 spiro atoms. The van der Waals surface area contributed by atoms with Crippen molar-refractivity contribution in [3.8, 4) is 5.75 Å². The molecule has 0 fully saturated rings. The highest BCUT2D eigenvalue weighted by molar-refractivity contribution is 6.13. The molecule has 4 rings (SSSR count). The van der Waals surface area contributed by atoms with E-state index < -0.39 is 23.4 Å². The maximum absolute atomic E-state index is 13.7. The van der Waals surface area contributed by atoms with Crippen LogP contribution in [0.15, 0.2) is 58.0 Å². The standard InChI is InChI=1S/C16H10F4N2O2/c1-23-14-7-21-3-2-9(14)13-5-8-4-10-11(6-12(8)22-13)16(19,20)24-15(10,17)18/h2-3,5-7H,4H2,1H3. The molecule has 1 aliphatic carbocycles. The molecule has 2 aliphatic heterocycles. The lowest BCUT2D eigenvalue weighted by Crippen LogP contribution is -2.25. The predicted molar refractivity (Wildman–Crippen MR) is 76.1 cm³/mol. The van der Waals surface area contributed by atoms with Gasteiger partial charge in [0.1, 0.15) is 5.75 Å². The normalized spacial score (nSPS) is 23.3. The number of ether oxygens (including phenoxy) is 2. The number of methoxy groups -OCH3 is 1. The average molecular weight is 338 g/mol. The van der Waals surface area contributed by atoms with E-state index in [1.165, 1.54) is 19.5 Å². The van der Waals surface area contributed by atoms with Gasteiger partial charge in [-0.1, -0.05) is 0 Å². The highest BCUT2D eigenvalue weighted by Crippen LogP contribution is 2.53. The van der Waals surface area contributed by atoms with E-state index in [0.29, 0.717) is 22.6 Å².